The minimum absolute atomic E-state index is 0.333. The third-order valence-corrected chi connectivity index (χ3v) is 4.39. The van der Waals surface area contributed by atoms with Gasteiger partial charge in [0.2, 0.25) is 0 Å². The number of anilines is 1. The summed E-state index contributed by atoms with van der Waals surface area (Å²) >= 11 is 1.46. The van der Waals surface area contributed by atoms with Crippen molar-refractivity contribution in [1.82, 2.24) is 4.98 Å². The van der Waals surface area contributed by atoms with Crippen LogP contribution in [0.25, 0.3) is 0 Å². The number of benzene rings is 1. The van der Waals surface area contributed by atoms with Crippen molar-refractivity contribution >= 4 is 22.5 Å². The summed E-state index contributed by atoms with van der Waals surface area (Å²) in [7, 11) is 0. The molecule has 0 saturated heterocycles. The maximum atomic E-state index is 11.7. The summed E-state index contributed by atoms with van der Waals surface area (Å²) in [5.41, 5.74) is 6.37. The molecule has 0 saturated carbocycles. The van der Waals surface area contributed by atoms with Crippen molar-refractivity contribution in [3.8, 4) is 5.75 Å². The predicted molar refractivity (Wildman–Crippen MR) is 86.1 cm³/mol. The van der Waals surface area contributed by atoms with E-state index in [2.05, 4.69) is 18.8 Å². The zero-order valence-corrected chi connectivity index (χ0v) is 13.3. The fraction of sp³-hybridized carbons (Fsp3) is 0.333. The fourth-order valence-corrected chi connectivity index (χ4v) is 2.78. The quantitative estimate of drug-likeness (QED) is 0.801. The second-order valence-corrected chi connectivity index (χ2v) is 6.08. The number of nitrogens with zero attached hydrogens (tertiary/aromatic N) is 2. The smallest absolute Gasteiger partial charge is 0.321 e. The Morgan fingerprint density at radius 1 is 1.41 bits per heavy atom. The lowest BCUT2D eigenvalue weighted by Gasteiger charge is -2.17. The highest BCUT2D eigenvalue weighted by molar-refractivity contribution is 7.15. The fourth-order valence-electron chi connectivity index (χ4n) is 1.86. The van der Waals surface area contributed by atoms with E-state index < -0.39 is 6.03 Å². The molecule has 6 nitrogen and oxygen atoms in total. The van der Waals surface area contributed by atoms with Gasteiger partial charge in [0.05, 0.1) is 6.54 Å². The molecule has 0 atom stereocenters. The predicted octanol–water partition coefficient (Wildman–Crippen LogP) is 2.68. The van der Waals surface area contributed by atoms with Gasteiger partial charge >= 0.3 is 6.03 Å². The van der Waals surface area contributed by atoms with Crippen LogP contribution in [0.1, 0.15) is 30.2 Å². The molecule has 0 aliphatic carbocycles. The molecule has 0 radical (unpaired) electrons. The van der Waals surface area contributed by atoms with Crippen molar-refractivity contribution in [3.05, 3.63) is 40.9 Å². The van der Waals surface area contributed by atoms with Gasteiger partial charge in [0.25, 0.3) is 0 Å². The SMILES string of the molecule is CC(C)c1cnc(N(Cc2ccc(OCO)cc2)C(N)=O)s1. The maximum Gasteiger partial charge on any atom is 0.321 e. The number of carbonyl (C=O) groups excluding carboxylic acids is 1. The van der Waals surface area contributed by atoms with Crippen LogP contribution in [0.3, 0.4) is 0 Å². The Balaban J connectivity index is 2.16. The second-order valence-electron chi connectivity index (χ2n) is 5.04. The zero-order chi connectivity index (χ0) is 16.1. The number of thiazole rings is 1. The van der Waals surface area contributed by atoms with Crippen LogP contribution >= 0.6 is 11.3 Å². The first-order valence-corrected chi connectivity index (χ1v) is 7.68. The van der Waals surface area contributed by atoms with Crippen molar-refractivity contribution in [3.63, 3.8) is 0 Å². The summed E-state index contributed by atoms with van der Waals surface area (Å²) in [4.78, 5) is 18.5. The minimum Gasteiger partial charge on any atom is -0.468 e. The molecule has 118 valence electrons. The van der Waals surface area contributed by atoms with Gasteiger partial charge in [-0.1, -0.05) is 26.0 Å². The Labute approximate surface area is 133 Å². The minimum atomic E-state index is -0.541. The summed E-state index contributed by atoms with van der Waals surface area (Å²) in [6.45, 7) is 4.11. The second kappa shape index (κ2) is 7.24. The Morgan fingerprint density at radius 3 is 2.59 bits per heavy atom. The van der Waals surface area contributed by atoms with E-state index in [1.54, 1.807) is 18.3 Å². The molecule has 0 aliphatic rings. The van der Waals surface area contributed by atoms with Gasteiger partial charge in [0, 0.05) is 11.1 Å². The number of aliphatic hydroxyl groups is 1. The summed E-state index contributed by atoms with van der Waals surface area (Å²) < 4.78 is 4.97. The summed E-state index contributed by atoms with van der Waals surface area (Å²) in [5.74, 6) is 0.920. The van der Waals surface area contributed by atoms with Crippen molar-refractivity contribution < 1.29 is 14.6 Å². The normalized spacial score (nSPS) is 10.7. The van der Waals surface area contributed by atoms with E-state index in [0.717, 1.165) is 10.4 Å². The largest absolute Gasteiger partial charge is 0.468 e. The van der Waals surface area contributed by atoms with Crippen molar-refractivity contribution in [2.45, 2.75) is 26.3 Å². The van der Waals surface area contributed by atoms with Crippen LogP contribution in [0.2, 0.25) is 0 Å². The highest BCUT2D eigenvalue weighted by Gasteiger charge is 2.17. The summed E-state index contributed by atoms with van der Waals surface area (Å²) in [5, 5.41) is 9.29. The number of ether oxygens (including phenoxy) is 1. The molecule has 1 aromatic heterocycles. The lowest BCUT2D eigenvalue weighted by molar-refractivity contribution is 0.0985. The van der Waals surface area contributed by atoms with E-state index in [4.69, 9.17) is 15.6 Å². The standard InChI is InChI=1S/C15H19N3O3S/c1-10(2)13-7-17-15(22-13)18(14(16)20)8-11-3-5-12(6-4-11)21-9-19/h3-7,10,19H,8-9H2,1-2H3,(H2,16,20). The average molecular weight is 321 g/mol. The van der Waals surface area contributed by atoms with Crippen LogP contribution in [0, 0.1) is 0 Å². The molecule has 2 amide bonds. The number of rotatable bonds is 6. The van der Waals surface area contributed by atoms with Crippen LogP contribution in [0.5, 0.6) is 5.75 Å². The molecule has 0 aliphatic heterocycles. The van der Waals surface area contributed by atoms with Gasteiger partial charge in [-0.05, 0) is 23.6 Å². The Kier molecular flexibility index (Phi) is 5.35. The highest BCUT2D eigenvalue weighted by atomic mass is 32.1. The van der Waals surface area contributed by atoms with Gasteiger partial charge in [0.15, 0.2) is 11.9 Å². The molecule has 0 spiro atoms. The van der Waals surface area contributed by atoms with Crippen molar-refractivity contribution in [1.29, 1.82) is 0 Å². The third-order valence-electron chi connectivity index (χ3n) is 3.07. The molecule has 22 heavy (non-hydrogen) atoms. The third kappa shape index (κ3) is 3.96. The summed E-state index contributed by atoms with van der Waals surface area (Å²) in [6.07, 6.45) is 1.78. The number of carbonyl (C=O) groups is 1. The first-order valence-electron chi connectivity index (χ1n) is 6.86. The summed E-state index contributed by atoms with van der Waals surface area (Å²) in [6, 6.07) is 6.55. The first-order chi connectivity index (χ1) is 10.5. The van der Waals surface area contributed by atoms with E-state index in [9.17, 15) is 4.79 Å². The van der Waals surface area contributed by atoms with Crippen LogP contribution < -0.4 is 15.4 Å². The van der Waals surface area contributed by atoms with Crippen LogP contribution in [0.15, 0.2) is 30.5 Å². The molecule has 1 aromatic carbocycles. The molecule has 3 N–H and O–H groups in total. The first kappa shape index (κ1) is 16.3. The van der Waals surface area contributed by atoms with Crippen LogP contribution in [-0.2, 0) is 6.54 Å². The monoisotopic (exact) mass is 321 g/mol. The maximum absolute atomic E-state index is 11.7. The van der Waals surface area contributed by atoms with Gasteiger partial charge in [-0.15, -0.1) is 11.3 Å². The number of hydrogen-bond acceptors (Lipinski definition) is 5. The number of nitrogens with two attached hydrogens (primary N) is 1. The zero-order valence-electron chi connectivity index (χ0n) is 12.5. The molecule has 0 bridgehead atoms. The van der Waals surface area contributed by atoms with Crippen LogP contribution in [0.4, 0.5) is 9.93 Å². The average Bonchev–Trinajstić information content (AvgIpc) is 2.96. The van der Waals surface area contributed by atoms with Gasteiger partial charge < -0.3 is 15.6 Å². The number of aliphatic hydroxyl groups excluding tert-OH is 1. The molecule has 1 heterocycles. The number of hydrogen-bond donors (Lipinski definition) is 2. The molecular formula is C15H19N3O3S. The lowest BCUT2D eigenvalue weighted by Crippen LogP contribution is -2.35. The highest BCUT2D eigenvalue weighted by Crippen LogP contribution is 2.29. The van der Waals surface area contributed by atoms with E-state index in [-0.39, 0.29) is 6.79 Å². The van der Waals surface area contributed by atoms with Gasteiger partial charge in [-0.25, -0.2) is 9.78 Å². The Morgan fingerprint density at radius 2 is 2.09 bits per heavy atom. The Hall–Kier alpha value is -2.12. The molecule has 0 fully saturated rings. The number of aromatic nitrogens is 1. The van der Waals surface area contributed by atoms with E-state index in [1.165, 1.54) is 16.2 Å². The van der Waals surface area contributed by atoms with Gasteiger partial charge in [-0.3, -0.25) is 4.90 Å². The molecular weight excluding hydrogens is 302 g/mol. The number of urea groups is 1. The van der Waals surface area contributed by atoms with Crippen molar-refractivity contribution in [2.75, 3.05) is 11.7 Å². The van der Waals surface area contributed by atoms with E-state index in [1.807, 2.05) is 12.1 Å². The van der Waals surface area contributed by atoms with Crippen molar-refractivity contribution in [2.24, 2.45) is 5.73 Å². The number of amides is 2. The molecule has 2 rings (SSSR count). The topological polar surface area (TPSA) is 88.7 Å². The molecule has 0 unspecified atom stereocenters. The van der Waals surface area contributed by atoms with Gasteiger partial charge in [0.1, 0.15) is 5.75 Å². The molecule has 7 heteroatoms. The van der Waals surface area contributed by atoms with E-state index in [0.29, 0.717) is 23.3 Å². The lowest BCUT2D eigenvalue weighted by atomic mass is 10.2. The van der Waals surface area contributed by atoms with Gasteiger partial charge in [-0.2, -0.15) is 0 Å². The number of primary amides is 1. The molecule has 2 aromatic rings. The van der Waals surface area contributed by atoms with E-state index >= 15 is 0 Å². The van der Waals surface area contributed by atoms with Crippen LogP contribution in [-0.4, -0.2) is 22.9 Å². The Bertz CT molecular complexity index is 625.